The summed E-state index contributed by atoms with van der Waals surface area (Å²) in [5.41, 5.74) is 20.0. The molecule has 0 fully saturated rings. The van der Waals surface area contributed by atoms with E-state index in [9.17, 15) is 0 Å². The molecule has 1 atom stereocenters. The van der Waals surface area contributed by atoms with Crippen LogP contribution < -0.4 is 0 Å². The van der Waals surface area contributed by atoms with Crippen molar-refractivity contribution in [2.75, 3.05) is 0 Å². The summed E-state index contributed by atoms with van der Waals surface area (Å²) >= 11 is 0. The zero-order valence-corrected chi connectivity index (χ0v) is 33.5. The first kappa shape index (κ1) is 34.2. The minimum atomic E-state index is -0.550. The summed E-state index contributed by atoms with van der Waals surface area (Å²) in [6, 6.07) is 86.1. The standard InChI is InChI=1S/C60H39N/c1-4-18-40(19-5-1)57-48-28-13-12-26-46(48)51-37-41(31-33-49(51)57)42-32-35-55-52(38-42)58-56(61(55)54-30-16-20-39-17-10-11-25-45(39)54)36-34-50-47-27-14-15-29-53(47)60(59(50)58,43-21-6-2-7-22-43)44-23-8-3-9-24-44/h1-38,57H. The Balaban J connectivity index is 1.14. The quantitative estimate of drug-likeness (QED) is 0.164. The van der Waals surface area contributed by atoms with Crippen LogP contribution in [0.3, 0.4) is 0 Å². The van der Waals surface area contributed by atoms with Gasteiger partial charge in [0.25, 0.3) is 0 Å². The predicted octanol–water partition coefficient (Wildman–Crippen LogP) is 15.1. The average molecular weight is 774 g/mol. The van der Waals surface area contributed by atoms with Gasteiger partial charge in [-0.2, -0.15) is 0 Å². The molecule has 1 heteroatoms. The van der Waals surface area contributed by atoms with Gasteiger partial charge in [0.15, 0.2) is 0 Å². The lowest BCUT2D eigenvalue weighted by molar-refractivity contribution is 0.776. The maximum atomic E-state index is 2.53. The van der Waals surface area contributed by atoms with E-state index in [2.05, 4.69) is 235 Å². The Morgan fingerprint density at radius 3 is 1.79 bits per heavy atom. The van der Waals surface area contributed by atoms with Crippen molar-refractivity contribution in [2.45, 2.75) is 11.3 Å². The third-order valence-corrected chi connectivity index (χ3v) is 13.7. The third kappa shape index (κ3) is 4.78. The van der Waals surface area contributed by atoms with Gasteiger partial charge in [0.1, 0.15) is 0 Å². The molecule has 1 nitrogen and oxygen atoms in total. The highest BCUT2D eigenvalue weighted by Crippen LogP contribution is 2.59. The molecule has 0 aliphatic heterocycles. The SMILES string of the molecule is c1ccc(C2c3ccccc3-c3cc(-c4ccc5c(c4)c4c6c(ccc4n5-c4cccc5ccccc45)-c4ccccc4C6(c4ccccc4)c4ccccc4)ccc32)cc1. The topological polar surface area (TPSA) is 4.93 Å². The van der Waals surface area contributed by atoms with E-state index in [-0.39, 0.29) is 5.92 Å². The summed E-state index contributed by atoms with van der Waals surface area (Å²) in [6.07, 6.45) is 0. The lowest BCUT2D eigenvalue weighted by Crippen LogP contribution is -2.28. The Kier molecular flexibility index (Phi) is 7.35. The van der Waals surface area contributed by atoms with Crippen molar-refractivity contribution in [3.05, 3.63) is 269 Å². The fourth-order valence-corrected chi connectivity index (χ4v) is 11.3. The summed E-state index contributed by atoms with van der Waals surface area (Å²) < 4.78 is 2.53. The van der Waals surface area contributed by atoms with Crippen LogP contribution in [0.25, 0.3) is 71.6 Å². The van der Waals surface area contributed by atoms with Gasteiger partial charge < -0.3 is 4.57 Å². The highest BCUT2D eigenvalue weighted by atomic mass is 15.0. The molecule has 0 bridgehead atoms. The zero-order valence-electron chi connectivity index (χ0n) is 33.5. The smallest absolute Gasteiger partial charge is 0.0720 e. The summed E-state index contributed by atoms with van der Waals surface area (Å²) in [4.78, 5) is 0. The second-order valence-electron chi connectivity index (χ2n) is 16.7. The van der Waals surface area contributed by atoms with Gasteiger partial charge in [0.2, 0.25) is 0 Å². The van der Waals surface area contributed by atoms with E-state index in [0.717, 1.165) is 0 Å². The molecule has 0 radical (unpaired) electrons. The molecule has 11 aromatic rings. The molecule has 10 aromatic carbocycles. The summed E-state index contributed by atoms with van der Waals surface area (Å²) in [5, 5.41) is 5.01. The number of fused-ring (bicyclic) bond motifs is 11. The molecule has 0 spiro atoms. The summed E-state index contributed by atoms with van der Waals surface area (Å²) in [7, 11) is 0. The summed E-state index contributed by atoms with van der Waals surface area (Å²) in [6.45, 7) is 0. The molecular weight excluding hydrogens is 735 g/mol. The Hall–Kier alpha value is -7.74. The molecular formula is C60H39N. The maximum Gasteiger partial charge on any atom is 0.0720 e. The molecule has 0 N–H and O–H groups in total. The van der Waals surface area contributed by atoms with Crippen LogP contribution in [0, 0.1) is 0 Å². The first-order chi connectivity index (χ1) is 30.3. The van der Waals surface area contributed by atoms with Gasteiger partial charge in [0.05, 0.1) is 22.1 Å². The largest absolute Gasteiger partial charge is 0.309 e. The van der Waals surface area contributed by atoms with E-state index in [4.69, 9.17) is 0 Å². The third-order valence-electron chi connectivity index (χ3n) is 13.7. The number of hydrogen-bond donors (Lipinski definition) is 0. The highest BCUT2D eigenvalue weighted by Gasteiger charge is 2.47. The highest BCUT2D eigenvalue weighted by molar-refractivity contribution is 6.17. The van der Waals surface area contributed by atoms with E-state index in [1.807, 2.05) is 0 Å². The van der Waals surface area contributed by atoms with E-state index in [1.54, 1.807) is 0 Å². The minimum Gasteiger partial charge on any atom is -0.309 e. The molecule has 1 heterocycles. The normalized spacial score (nSPS) is 14.5. The van der Waals surface area contributed by atoms with Crippen molar-refractivity contribution in [3.8, 4) is 39.1 Å². The van der Waals surface area contributed by atoms with Crippen molar-refractivity contribution in [3.63, 3.8) is 0 Å². The lowest BCUT2D eigenvalue weighted by atomic mass is 9.67. The van der Waals surface area contributed by atoms with Gasteiger partial charge in [0, 0.05) is 22.1 Å². The Labute approximate surface area is 355 Å². The number of nitrogens with zero attached hydrogens (tertiary/aromatic N) is 1. The number of benzene rings is 10. The Bertz CT molecular complexity index is 3480. The van der Waals surface area contributed by atoms with Gasteiger partial charge in [-0.15, -0.1) is 0 Å². The second-order valence-corrected chi connectivity index (χ2v) is 16.7. The average Bonchev–Trinajstić information content (AvgIpc) is 3.96. The molecule has 0 saturated heterocycles. The van der Waals surface area contributed by atoms with E-state index in [0.29, 0.717) is 0 Å². The first-order valence-corrected chi connectivity index (χ1v) is 21.4. The molecule has 0 amide bonds. The van der Waals surface area contributed by atoms with Crippen molar-refractivity contribution < 1.29 is 0 Å². The van der Waals surface area contributed by atoms with Crippen LogP contribution in [0.2, 0.25) is 0 Å². The number of aromatic nitrogens is 1. The van der Waals surface area contributed by atoms with Crippen LogP contribution in [-0.2, 0) is 5.41 Å². The fraction of sp³-hybridized carbons (Fsp3) is 0.0333. The van der Waals surface area contributed by atoms with Crippen LogP contribution >= 0.6 is 0 Å². The van der Waals surface area contributed by atoms with E-state index >= 15 is 0 Å². The second kappa shape index (κ2) is 13.1. The molecule has 2 aliphatic carbocycles. The van der Waals surface area contributed by atoms with Gasteiger partial charge >= 0.3 is 0 Å². The molecule has 61 heavy (non-hydrogen) atoms. The molecule has 1 unspecified atom stereocenters. The molecule has 0 saturated carbocycles. The molecule has 2 aliphatic rings. The summed E-state index contributed by atoms with van der Waals surface area (Å²) in [5.74, 6) is 0.218. The Morgan fingerprint density at radius 2 is 0.984 bits per heavy atom. The van der Waals surface area contributed by atoms with E-state index < -0.39 is 5.41 Å². The van der Waals surface area contributed by atoms with Crippen LogP contribution in [-0.4, -0.2) is 4.57 Å². The van der Waals surface area contributed by atoms with Crippen molar-refractivity contribution in [1.82, 2.24) is 4.57 Å². The van der Waals surface area contributed by atoms with Crippen molar-refractivity contribution in [2.24, 2.45) is 0 Å². The lowest BCUT2D eigenvalue weighted by Gasteiger charge is -2.34. The van der Waals surface area contributed by atoms with Crippen LogP contribution in [0.1, 0.15) is 44.9 Å². The van der Waals surface area contributed by atoms with Crippen molar-refractivity contribution in [1.29, 1.82) is 0 Å². The van der Waals surface area contributed by atoms with Crippen LogP contribution in [0.4, 0.5) is 0 Å². The first-order valence-electron chi connectivity index (χ1n) is 21.4. The van der Waals surface area contributed by atoms with Gasteiger partial charge in [-0.1, -0.05) is 200 Å². The number of rotatable bonds is 5. The molecule has 1 aromatic heterocycles. The monoisotopic (exact) mass is 773 g/mol. The van der Waals surface area contributed by atoms with E-state index in [1.165, 1.54) is 111 Å². The van der Waals surface area contributed by atoms with Gasteiger partial charge in [-0.05, 0) is 108 Å². The molecule has 13 rings (SSSR count). The maximum absolute atomic E-state index is 2.53. The fourth-order valence-electron chi connectivity index (χ4n) is 11.3. The van der Waals surface area contributed by atoms with Crippen molar-refractivity contribution >= 4 is 32.6 Å². The Morgan fingerprint density at radius 1 is 0.377 bits per heavy atom. The zero-order chi connectivity index (χ0) is 40.1. The molecule has 284 valence electrons. The number of hydrogen-bond acceptors (Lipinski definition) is 0. The van der Waals surface area contributed by atoms with Gasteiger partial charge in [-0.3, -0.25) is 0 Å². The van der Waals surface area contributed by atoms with Crippen LogP contribution in [0.5, 0.6) is 0 Å². The van der Waals surface area contributed by atoms with Crippen LogP contribution in [0.15, 0.2) is 231 Å². The van der Waals surface area contributed by atoms with Gasteiger partial charge in [-0.25, -0.2) is 0 Å². The minimum absolute atomic E-state index is 0.218. The predicted molar refractivity (Wildman–Crippen MR) is 254 cm³/mol.